The molecule has 1 saturated heterocycles. The molecule has 0 bridgehead atoms. The largest absolute Gasteiger partial charge is 0.301 e. The summed E-state index contributed by atoms with van der Waals surface area (Å²) in [7, 11) is 4.94. The Bertz CT molecular complexity index is 1270. The summed E-state index contributed by atoms with van der Waals surface area (Å²) in [5, 5.41) is 24.4. The number of nitrogens with zero attached hydrogens (tertiary/aromatic N) is 12. The van der Waals surface area contributed by atoms with Gasteiger partial charge in [0.15, 0.2) is 0 Å². The van der Waals surface area contributed by atoms with E-state index >= 15 is 0 Å². The Labute approximate surface area is 226 Å². The van der Waals surface area contributed by atoms with E-state index in [4.69, 9.17) is 0 Å². The van der Waals surface area contributed by atoms with Gasteiger partial charge < -0.3 is 14.7 Å². The van der Waals surface area contributed by atoms with E-state index in [0.717, 1.165) is 25.7 Å². The molecule has 15 nitrogen and oxygen atoms in total. The molecule has 4 heterocycles. The molecule has 0 N–H and O–H groups in total. The van der Waals surface area contributed by atoms with E-state index in [9.17, 15) is 14.4 Å². The van der Waals surface area contributed by atoms with Gasteiger partial charge in [-0.1, -0.05) is 42.3 Å². The molecule has 0 aromatic carbocycles. The van der Waals surface area contributed by atoms with E-state index in [1.54, 1.807) is 35.0 Å². The number of rotatable bonds is 8. The number of amides is 3. The molecule has 39 heavy (non-hydrogen) atoms. The third-order valence-electron chi connectivity index (χ3n) is 7.12. The first-order valence-corrected chi connectivity index (χ1v) is 13.1. The highest BCUT2D eigenvalue weighted by molar-refractivity contribution is 5.98. The van der Waals surface area contributed by atoms with Crippen LogP contribution in [-0.4, -0.2) is 97.4 Å². The van der Waals surface area contributed by atoms with Gasteiger partial charge >= 0.3 is 0 Å². The lowest BCUT2D eigenvalue weighted by molar-refractivity contribution is -0.00742. The van der Waals surface area contributed by atoms with E-state index < -0.39 is 11.8 Å². The van der Waals surface area contributed by atoms with Gasteiger partial charge in [-0.05, 0) is 26.7 Å². The van der Waals surface area contributed by atoms with Gasteiger partial charge in [-0.3, -0.25) is 14.4 Å². The first-order valence-electron chi connectivity index (χ1n) is 13.1. The minimum atomic E-state index is -0.395. The van der Waals surface area contributed by atoms with Gasteiger partial charge in [0.25, 0.3) is 17.7 Å². The normalized spacial score (nSPS) is 14.7. The number of hydrogen-bond donors (Lipinski definition) is 0. The van der Waals surface area contributed by atoms with Crippen molar-refractivity contribution >= 4 is 17.7 Å². The van der Waals surface area contributed by atoms with Crippen LogP contribution in [0.2, 0.25) is 0 Å². The fourth-order valence-electron chi connectivity index (χ4n) is 4.97. The minimum absolute atomic E-state index is 0.0366. The molecule has 0 saturated carbocycles. The molecule has 1 aliphatic rings. The van der Waals surface area contributed by atoms with E-state index in [0.29, 0.717) is 22.8 Å². The van der Waals surface area contributed by atoms with Crippen molar-refractivity contribution in [2.75, 3.05) is 20.0 Å². The Balaban J connectivity index is 1.71. The third-order valence-corrected chi connectivity index (χ3v) is 7.12. The van der Waals surface area contributed by atoms with Crippen molar-refractivity contribution in [3.8, 4) is 0 Å². The summed E-state index contributed by atoms with van der Waals surface area (Å²) in [5.74, 6) is -1.08. The lowest BCUT2D eigenvalue weighted by atomic mass is 9.94. The zero-order chi connectivity index (χ0) is 28.4. The Morgan fingerprint density at radius 2 is 1.10 bits per heavy atom. The zero-order valence-corrected chi connectivity index (χ0v) is 23.6. The highest BCUT2D eigenvalue weighted by Gasteiger charge is 2.38. The summed E-state index contributed by atoms with van der Waals surface area (Å²) in [6, 6.07) is 0. The second-order valence-electron chi connectivity index (χ2n) is 9.95. The monoisotopic (exact) mass is 540 g/mol. The number of carbonyl (C=O) groups is 3. The van der Waals surface area contributed by atoms with Crippen LogP contribution >= 0.6 is 0 Å². The third kappa shape index (κ3) is 5.25. The van der Waals surface area contributed by atoms with Gasteiger partial charge in [0.2, 0.25) is 0 Å². The SMILES string of the molecule is CCCCC(CC)c1nnn(C)c1C(=O)N1CN(C(=O)c2c(C)nnn2C)CN(C(=O)c2c(C)nnn2C)C1. The summed E-state index contributed by atoms with van der Waals surface area (Å²) >= 11 is 0. The van der Waals surface area contributed by atoms with E-state index in [1.165, 1.54) is 28.7 Å². The second kappa shape index (κ2) is 11.3. The molecule has 3 aromatic heterocycles. The summed E-state index contributed by atoms with van der Waals surface area (Å²) < 4.78 is 4.26. The molecule has 1 aliphatic heterocycles. The topological polar surface area (TPSA) is 153 Å². The van der Waals surface area contributed by atoms with Gasteiger partial charge in [-0.25, -0.2) is 14.0 Å². The van der Waals surface area contributed by atoms with Crippen molar-refractivity contribution < 1.29 is 14.4 Å². The lowest BCUT2D eigenvalue weighted by Crippen LogP contribution is -2.60. The summed E-state index contributed by atoms with van der Waals surface area (Å²) in [6.45, 7) is 7.46. The standard InChI is InChI=1S/C24H36N12O3/c1-8-10-11-17(9-2)18-21(33(7)30-27-18)24(39)36-13-34(22(37)19-15(3)25-28-31(19)5)12-35(14-36)23(38)20-16(4)26-29-32(20)6/h17H,8-14H2,1-7H3. The van der Waals surface area contributed by atoms with Crippen molar-refractivity contribution in [3.63, 3.8) is 0 Å². The van der Waals surface area contributed by atoms with Gasteiger partial charge in [0, 0.05) is 27.1 Å². The molecular weight excluding hydrogens is 504 g/mol. The van der Waals surface area contributed by atoms with Crippen molar-refractivity contribution in [3.05, 3.63) is 34.2 Å². The van der Waals surface area contributed by atoms with Crippen LogP contribution in [-0.2, 0) is 21.1 Å². The van der Waals surface area contributed by atoms with Crippen molar-refractivity contribution in [1.82, 2.24) is 59.7 Å². The van der Waals surface area contributed by atoms with Gasteiger partial charge in [0.1, 0.15) is 17.1 Å². The zero-order valence-electron chi connectivity index (χ0n) is 23.6. The maximum Gasteiger partial charge on any atom is 0.276 e. The molecule has 0 radical (unpaired) electrons. The summed E-state index contributed by atoms with van der Waals surface area (Å²) in [4.78, 5) is 45.7. The summed E-state index contributed by atoms with van der Waals surface area (Å²) in [5.41, 5.74) is 2.47. The highest BCUT2D eigenvalue weighted by Crippen LogP contribution is 2.28. The number of hydrogen-bond acceptors (Lipinski definition) is 9. The van der Waals surface area contributed by atoms with Crippen LogP contribution < -0.4 is 0 Å². The number of unbranched alkanes of at least 4 members (excludes halogenated alkanes) is 1. The van der Waals surface area contributed by atoms with Crippen LogP contribution in [0.5, 0.6) is 0 Å². The van der Waals surface area contributed by atoms with Crippen LogP contribution in [0.4, 0.5) is 0 Å². The average molecular weight is 541 g/mol. The van der Waals surface area contributed by atoms with E-state index in [-0.39, 0.29) is 43.2 Å². The molecule has 15 heteroatoms. The van der Waals surface area contributed by atoms with Gasteiger partial charge in [0.05, 0.1) is 37.1 Å². The maximum absolute atomic E-state index is 14.1. The van der Waals surface area contributed by atoms with E-state index in [2.05, 4.69) is 44.8 Å². The Morgan fingerprint density at radius 3 is 1.49 bits per heavy atom. The Hall–Kier alpha value is -4.17. The quantitative estimate of drug-likeness (QED) is 0.407. The highest BCUT2D eigenvalue weighted by atomic mass is 16.2. The lowest BCUT2D eigenvalue weighted by Gasteiger charge is -2.42. The molecule has 4 rings (SSSR count). The summed E-state index contributed by atoms with van der Waals surface area (Å²) in [6.07, 6.45) is 3.74. The molecule has 1 unspecified atom stereocenters. The van der Waals surface area contributed by atoms with Crippen LogP contribution in [0.1, 0.15) is 94.0 Å². The number of aryl methyl sites for hydroxylation is 5. The maximum atomic E-state index is 14.1. The number of aromatic nitrogens is 9. The minimum Gasteiger partial charge on any atom is -0.301 e. The first kappa shape index (κ1) is 27.9. The van der Waals surface area contributed by atoms with Crippen molar-refractivity contribution in [1.29, 1.82) is 0 Å². The molecule has 1 atom stereocenters. The predicted molar refractivity (Wildman–Crippen MR) is 138 cm³/mol. The Morgan fingerprint density at radius 1 is 0.692 bits per heavy atom. The molecule has 3 aromatic rings. The van der Waals surface area contributed by atoms with Gasteiger partial charge in [-0.2, -0.15) is 0 Å². The second-order valence-corrected chi connectivity index (χ2v) is 9.95. The van der Waals surface area contributed by atoms with Crippen LogP contribution in [0.3, 0.4) is 0 Å². The average Bonchev–Trinajstić information content (AvgIpc) is 3.58. The molecule has 3 amide bonds. The smallest absolute Gasteiger partial charge is 0.276 e. The van der Waals surface area contributed by atoms with Crippen molar-refractivity contribution in [2.45, 2.75) is 59.3 Å². The van der Waals surface area contributed by atoms with E-state index in [1.807, 2.05) is 0 Å². The molecule has 0 aliphatic carbocycles. The van der Waals surface area contributed by atoms with Gasteiger partial charge in [-0.15, -0.1) is 15.3 Å². The molecule has 0 spiro atoms. The van der Waals surface area contributed by atoms with Crippen molar-refractivity contribution in [2.24, 2.45) is 21.1 Å². The van der Waals surface area contributed by atoms with Crippen LogP contribution in [0, 0.1) is 13.8 Å². The predicted octanol–water partition coefficient (Wildman–Crippen LogP) is 0.986. The number of carbonyl (C=O) groups excluding carboxylic acids is 3. The van der Waals surface area contributed by atoms with Crippen LogP contribution in [0.15, 0.2) is 0 Å². The molecule has 210 valence electrons. The first-order chi connectivity index (χ1) is 18.6. The Kier molecular flexibility index (Phi) is 8.06. The fraction of sp³-hybridized carbons (Fsp3) is 0.625. The van der Waals surface area contributed by atoms with Crippen LogP contribution in [0.25, 0.3) is 0 Å². The molecule has 1 fully saturated rings. The fourth-order valence-corrected chi connectivity index (χ4v) is 4.97. The molecular formula is C24H36N12O3.